The van der Waals surface area contributed by atoms with Crippen LogP contribution in [-0.4, -0.2) is 59.9 Å². The molecule has 2 aliphatic rings. The van der Waals surface area contributed by atoms with Gasteiger partial charge in [0.15, 0.2) is 13.3 Å². The molecule has 10 heteroatoms. The maximum absolute atomic E-state index is 14.3. The molecule has 0 amide bonds. The van der Waals surface area contributed by atoms with Crippen molar-refractivity contribution in [1.29, 1.82) is 0 Å². The molecule has 0 aliphatic carbocycles. The zero-order valence-electron chi connectivity index (χ0n) is 20.0. The molecule has 1 fully saturated rings. The molecule has 188 valence electrons. The lowest BCUT2D eigenvalue weighted by Crippen LogP contribution is -2.44. The Kier molecular flexibility index (Phi) is 5.56. The van der Waals surface area contributed by atoms with E-state index in [-0.39, 0.29) is 17.3 Å². The number of alkyl halides is 3. The number of rotatable bonds is 3. The van der Waals surface area contributed by atoms with Crippen LogP contribution in [0.4, 0.5) is 18.9 Å². The number of pyridine rings is 2. The van der Waals surface area contributed by atoms with Crippen LogP contribution >= 0.6 is 0 Å². The molecule has 0 radical (unpaired) electrons. The maximum atomic E-state index is 14.3. The lowest BCUT2D eigenvalue weighted by atomic mass is 9.98. The van der Waals surface area contributed by atoms with E-state index in [4.69, 9.17) is 0 Å². The third-order valence-electron chi connectivity index (χ3n) is 6.91. The van der Waals surface area contributed by atoms with Gasteiger partial charge in [-0.1, -0.05) is 10.8 Å². The molecule has 37 heavy (non-hydrogen) atoms. The number of hydrogen-bond donors (Lipinski definition) is 1. The average molecular weight is 506 g/mol. The fourth-order valence-corrected chi connectivity index (χ4v) is 5.12. The molecule has 4 heterocycles. The highest BCUT2D eigenvalue weighted by molar-refractivity contribution is 6.05. The fraction of sp³-hybridized carbons (Fsp3) is 0.259. The van der Waals surface area contributed by atoms with E-state index in [1.807, 2.05) is 37.7 Å². The van der Waals surface area contributed by atoms with Crippen LogP contribution in [-0.2, 0) is 6.18 Å². The Morgan fingerprint density at radius 3 is 2.59 bits per heavy atom. The molecule has 0 spiro atoms. The number of hydrogen-bond acceptors (Lipinski definition) is 5. The van der Waals surface area contributed by atoms with Gasteiger partial charge in [0, 0.05) is 54.9 Å². The largest absolute Gasteiger partial charge is 0.418 e. The van der Waals surface area contributed by atoms with Crippen molar-refractivity contribution in [1.82, 2.24) is 14.9 Å². The normalized spacial score (nSPS) is 18.1. The summed E-state index contributed by atoms with van der Waals surface area (Å²) in [7, 11) is 1.84. The Hall–Kier alpha value is -4.05. The Labute approximate surface area is 210 Å². The number of piperazine rings is 1. The molecule has 2 aromatic heterocycles. The predicted octanol–water partition coefficient (Wildman–Crippen LogP) is 3.76. The number of aromatic nitrogens is 2. The van der Waals surface area contributed by atoms with Gasteiger partial charge in [-0.05, 0) is 47.1 Å². The molecule has 1 atom stereocenters. The molecule has 1 N–H and O–H groups in total. The number of nitrogens with zero attached hydrogens (tertiary/aromatic N) is 5. The predicted molar refractivity (Wildman–Crippen MR) is 138 cm³/mol. The number of benzene rings is 2. The van der Waals surface area contributed by atoms with Crippen LogP contribution in [0.5, 0.6) is 0 Å². The topological polar surface area (TPSA) is 65.5 Å². The Morgan fingerprint density at radius 2 is 1.86 bits per heavy atom. The van der Waals surface area contributed by atoms with Crippen LogP contribution in [0.1, 0.15) is 17.0 Å². The van der Waals surface area contributed by atoms with Gasteiger partial charge < -0.3 is 10.2 Å². The van der Waals surface area contributed by atoms with Crippen molar-refractivity contribution in [3.63, 3.8) is 0 Å². The molecule has 6 rings (SSSR count). The van der Waals surface area contributed by atoms with Crippen molar-refractivity contribution in [3.05, 3.63) is 76.2 Å². The molecule has 2 aromatic carbocycles. The highest BCUT2D eigenvalue weighted by Crippen LogP contribution is 2.38. The van der Waals surface area contributed by atoms with Crippen molar-refractivity contribution < 1.29 is 17.9 Å². The number of nitrogens with one attached hydrogen (secondary N) is 1. The second kappa shape index (κ2) is 8.81. The zero-order valence-corrected chi connectivity index (χ0v) is 20.0. The quantitative estimate of drug-likeness (QED) is 0.340. The number of fused-ring (bicyclic) bond motifs is 3. The van der Waals surface area contributed by atoms with Gasteiger partial charge in [-0.2, -0.15) is 13.2 Å². The van der Waals surface area contributed by atoms with Gasteiger partial charge in [0.25, 0.3) is 5.56 Å². The SMILES string of the molecule is C[N+]1=CC(c2ccc3ncc4ccc(=O)n(-c5ccc(N6CCNCC6)c(C(F)(F)F)c5)c4c3c2)C=N1. The van der Waals surface area contributed by atoms with Gasteiger partial charge in [-0.3, -0.25) is 14.3 Å². The summed E-state index contributed by atoms with van der Waals surface area (Å²) >= 11 is 0. The summed E-state index contributed by atoms with van der Waals surface area (Å²) in [5, 5.41) is 8.77. The highest BCUT2D eigenvalue weighted by Gasteiger charge is 2.36. The van der Waals surface area contributed by atoms with Crippen LogP contribution in [0.25, 0.3) is 27.5 Å². The van der Waals surface area contributed by atoms with E-state index in [1.165, 1.54) is 16.7 Å². The summed E-state index contributed by atoms with van der Waals surface area (Å²) in [5.41, 5.74) is 1.23. The summed E-state index contributed by atoms with van der Waals surface area (Å²) in [6.07, 6.45) is 0.837. The maximum Gasteiger partial charge on any atom is 0.418 e. The van der Waals surface area contributed by atoms with E-state index in [1.54, 1.807) is 27.9 Å². The van der Waals surface area contributed by atoms with Crippen LogP contribution in [0.2, 0.25) is 0 Å². The molecule has 0 bridgehead atoms. The number of anilines is 1. The highest BCUT2D eigenvalue weighted by atomic mass is 19.4. The standard InChI is InChI=1S/C27H24F3N6O/c1-34-16-19(15-33-34)17-2-5-23-21(12-17)26-18(14-32-23)3-7-25(37)36(26)20-4-6-24(22(13-20)27(28,29)30)35-10-8-31-9-11-35/h2-7,12-16,19,31H,8-11H2,1H3/q+1. The van der Waals surface area contributed by atoms with Crippen LogP contribution in [0.3, 0.4) is 0 Å². The van der Waals surface area contributed by atoms with E-state index in [9.17, 15) is 18.0 Å². The van der Waals surface area contributed by atoms with E-state index in [0.29, 0.717) is 48.0 Å². The van der Waals surface area contributed by atoms with Crippen LogP contribution < -0.4 is 15.8 Å². The molecule has 4 aromatic rings. The zero-order chi connectivity index (χ0) is 25.7. The number of halogens is 3. The van der Waals surface area contributed by atoms with E-state index in [0.717, 1.165) is 11.6 Å². The Bertz CT molecular complexity index is 1650. The third kappa shape index (κ3) is 4.17. The van der Waals surface area contributed by atoms with Crippen molar-refractivity contribution in [2.45, 2.75) is 12.1 Å². The third-order valence-corrected chi connectivity index (χ3v) is 6.91. The number of hydrazone groups is 1. The van der Waals surface area contributed by atoms with E-state index in [2.05, 4.69) is 15.4 Å². The summed E-state index contributed by atoms with van der Waals surface area (Å²) in [4.78, 5) is 19.5. The summed E-state index contributed by atoms with van der Waals surface area (Å²) in [6.45, 7) is 2.18. The van der Waals surface area contributed by atoms with Gasteiger partial charge in [-0.15, -0.1) is 0 Å². The van der Waals surface area contributed by atoms with E-state index < -0.39 is 17.3 Å². The first-order valence-corrected chi connectivity index (χ1v) is 12.0. The van der Waals surface area contributed by atoms with Gasteiger partial charge in [0.2, 0.25) is 0 Å². The van der Waals surface area contributed by atoms with Crippen molar-refractivity contribution in [2.24, 2.45) is 5.10 Å². The minimum atomic E-state index is -4.58. The average Bonchev–Trinajstić information content (AvgIpc) is 3.34. The summed E-state index contributed by atoms with van der Waals surface area (Å²) in [6, 6.07) is 12.9. The molecule has 0 saturated carbocycles. The van der Waals surface area contributed by atoms with Gasteiger partial charge in [0.05, 0.1) is 28.5 Å². The Balaban J connectivity index is 1.59. The van der Waals surface area contributed by atoms with Crippen LogP contribution in [0, 0.1) is 0 Å². The van der Waals surface area contributed by atoms with Crippen LogP contribution in [0.15, 0.2) is 64.6 Å². The second-order valence-electron chi connectivity index (χ2n) is 9.30. The van der Waals surface area contributed by atoms with E-state index >= 15 is 0 Å². The van der Waals surface area contributed by atoms with Crippen molar-refractivity contribution in [2.75, 3.05) is 38.1 Å². The van der Waals surface area contributed by atoms with Crippen molar-refractivity contribution >= 4 is 39.9 Å². The molecular weight excluding hydrogens is 481 g/mol. The minimum Gasteiger partial charge on any atom is -0.368 e. The van der Waals surface area contributed by atoms with Crippen molar-refractivity contribution in [3.8, 4) is 5.69 Å². The molecule has 2 aliphatic heterocycles. The van der Waals surface area contributed by atoms with Gasteiger partial charge >= 0.3 is 6.18 Å². The molecule has 1 unspecified atom stereocenters. The second-order valence-corrected chi connectivity index (χ2v) is 9.30. The first kappa shape index (κ1) is 23.4. The first-order chi connectivity index (χ1) is 17.8. The minimum absolute atomic E-state index is 0.0521. The molecule has 1 saturated heterocycles. The lowest BCUT2D eigenvalue weighted by molar-refractivity contribution is -0.494. The fourth-order valence-electron chi connectivity index (χ4n) is 5.12. The summed E-state index contributed by atoms with van der Waals surface area (Å²) < 4.78 is 45.9. The molecular formula is C27H24F3N6O+. The first-order valence-electron chi connectivity index (χ1n) is 12.0. The smallest absolute Gasteiger partial charge is 0.368 e. The summed E-state index contributed by atoms with van der Waals surface area (Å²) in [5.74, 6) is -0.0521. The molecule has 7 nitrogen and oxygen atoms in total. The lowest BCUT2D eigenvalue weighted by Gasteiger charge is -2.32. The monoisotopic (exact) mass is 505 g/mol. The Morgan fingerprint density at radius 1 is 1.05 bits per heavy atom. The van der Waals surface area contributed by atoms with Gasteiger partial charge in [-0.25, -0.2) is 0 Å². The van der Waals surface area contributed by atoms with Gasteiger partial charge in [0.1, 0.15) is 5.92 Å².